The minimum atomic E-state index is -0.477. The van der Waals surface area contributed by atoms with Gasteiger partial charge in [-0.1, -0.05) is 59.6 Å². The van der Waals surface area contributed by atoms with Crippen molar-refractivity contribution in [1.29, 1.82) is 0 Å². The molecular weight excluding hydrogens is 508 g/mol. The summed E-state index contributed by atoms with van der Waals surface area (Å²) >= 11 is 8.41. The highest BCUT2D eigenvalue weighted by Gasteiger charge is 2.15. The van der Waals surface area contributed by atoms with Crippen molar-refractivity contribution in [2.45, 2.75) is 39.2 Å². The van der Waals surface area contributed by atoms with E-state index in [0.29, 0.717) is 28.9 Å². The lowest BCUT2D eigenvalue weighted by molar-refractivity contribution is -0.126. The van der Waals surface area contributed by atoms with Crippen molar-refractivity contribution in [3.63, 3.8) is 0 Å². The molecule has 0 aliphatic carbocycles. The molecule has 0 atom stereocenters. The fourth-order valence-electron chi connectivity index (χ4n) is 2.63. The van der Waals surface area contributed by atoms with Crippen LogP contribution < -0.4 is 26.2 Å². The molecule has 0 bridgehead atoms. The third kappa shape index (κ3) is 10.0. The maximum atomic E-state index is 12.6. The normalized spacial score (nSPS) is 10.1. The van der Waals surface area contributed by atoms with Gasteiger partial charge in [-0.15, -0.1) is 0 Å². The van der Waals surface area contributed by atoms with E-state index in [1.165, 1.54) is 0 Å². The highest BCUT2D eigenvalue weighted by atomic mass is 79.9. The van der Waals surface area contributed by atoms with Crippen LogP contribution in [0.4, 0.5) is 0 Å². The number of unbranched alkanes of at least 4 members (excludes halogenated alkanes) is 1. The van der Waals surface area contributed by atoms with E-state index in [0.717, 1.165) is 18.4 Å². The zero-order chi connectivity index (χ0) is 24.1. The highest BCUT2D eigenvalue weighted by Crippen LogP contribution is 2.23. The van der Waals surface area contributed by atoms with E-state index in [-0.39, 0.29) is 23.9 Å². The van der Waals surface area contributed by atoms with Crippen LogP contribution in [0.25, 0.3) is 0 Å². The van der Waals surface area contributed by atoms with Crippen LogP contribution in [-0.4, -0.2) is 29.4 Å². The molecule has 10 heteroatoms. The Kier molecular flexibility index (Phi) is 11.3. The van der Waals surface area contributed by atoms with E-state index in [4.69, 9.17) is 17.0 Å². The quantitative estimate of drug-likeness (QED) is 0.211. The van der Waals surface area contributed by atoms with E-state index in [2.05, 4.69) is 37.4 Å². The molecule has 0 fully saturated rings. The van der Waals surface area contributed by atoms with Gasteiger partial charge in [-0.25, -0.2) is 0 Å². The summed E-state index contributed by atoms with van der Waals surface area (Å²) in [6.45, 7) is 2.94. The first-order chi connectivity index (χ1) is 15.9. The van der Waals surface area contributed by atoms with Gasteiger partial charge in [0.2, 0.25) is 11.8 Å². The Bertz CT molecular complexity index is 972. The first-order valence-electron chi connectivity index (χ1n) is 10.5. The van der Waals surface area contributed by atoms with E-state index in [9.17, 15) is 14.4 Å². The van der Waals surface area contributed by atoms with Gasteiger partial charge in [0, 0.05) is 23.9 Å². The maximum Gasteiger partial charge on any atom is 0.261 e. The molecule has 0 unspecified atom stereocenters. The van der Waals surface area contributed by atoms with Gasteiger partial charge < -0.3 is 10.1 Å². The van der Waals surface area contributed by atoms with Gasteiger partial charge in [-0.2, -0.15) is 0 Å². The van der Waals surface area contributed by atoms with Crippen LogP contribution in [0.2, 0.25) is 0 Å². The molecule has 2 rings (SSSR count). The lowest BCUT2D eigenvalue weighted by Crippen LogP contribution is -2.48. The summed E-state index contributed by atoms with van der Waals surface area (Å²) in [5, 5.41) is 5.17. The van der Waals surface area contributed by atoms with Gasteiger partial charge in [0.25, 0.3) is 5.91 Å². The minimum Gasteiger partial charge on any atom is -0.493 e. The number of hydrogen-bond donors (Lipinski definition) is 4. The molecule has 2 aromatic carbocycles. The van der Waals surface area contributed by atoms with E-state index in [1.807, 2.05) is 37.3 Å². The van der Waals surface area contributed by atoms with Crippen LogP contribution in [0.5, 0.6) is 5.75 Å². The Hall–Kier alpha value is -2.98. The third-order valence-corrected chi connectivity index (χ3v) is 5.09. The number of hydrazine groups is 1. The number of ether oxygens (including phenoxy) is 1. The number of nitrogens with one attached hydrogen (secondary N) is 4. The molecule has 33 heavy (non-hydrogen) atoms. The topological polar surface area (TPSA) is 109 Å². The Balaban J connectivity index is 1.73. The Labute approximate surface area is 206 Å². The summed E-state index contributed by atoms with van der Waals surface area (Å²) in [6.07, 6.45) is 1.83. The molecular formula is C23H27BrN4O4S. The van der Waals surface area contributed by atoms with Crippen molar-refractivity contribution in [3.8, 4) is 5.75 Å². The number of thiocarbonyl (C=S) groups is 1. The first-order valence-corrected chi connectivity index (χ1v) is 11.7. The minimum absolute atomic E-state index is 0.0238. The highest BCUT2D eigenvalue weighted by molar-refractivity contribution is 9.10. The van der Waals surface area contributed by atoms with Crippen molar-refractivity contribution in [2.75, 3.05) is 6.61 Å². The Morgan fingerprint density at radius 1 is 1.00 bits per heavy atom. The average Bonchev–Trinajstić information content (AvgIpc) is 2.81. The summed E-state index contributed by atoms with van der Waals surface area (Å²) in [5.74, 6) is -0.713. The Morgan fingerprint density at radius 2 is 1.73 bits per heavy atom. The third-order valence-electron chi connectivity index (χ3n) is 4.40. The second kappa shape index (κ2) is 14.2. The number of benzene rings is 2. The molecule has 0 saturated heterocycles. The van der Waals surface area contributed by atoms with Crippen LogP contribution in [0, 0.1) is 0 Å². The predicted molar refractivity (Wildman–Crippen MR) is 133 cm³/mol. The van der Waals surface area contributed by atoms with Crippen LogP contribution in [0.1, 0.15) is 48.5 Å². The number of hydrogen-bond acceptors (Lipinski definition) is 5. The largest absolute Gasteiger partial charge is 0.493 e. The summed E-state index contributed by atoms with van der Waals surface area (Å²) in [5.41, 5.74) is 6.12. The van der Waals surface area contributed by atoms with Crippen molar-refractivity contribution in [3.05, 3.63) is 64.1 Å². The molecule has 176 valence electrons. The molecule has 4 N–H and O–H groups in total. The average molecular weight is 535 g/mol. The van der Waals surface area contributed by atoms with Crippen LogP contribution in [-0.2, 0) is 16.1 Å². The van der Waals surface area contributed by atoms with Gasteiger partial charge >= 0.3 is 0 Å². The molecule has 0 saturated carbocycles. The summed E-state index contributed by atoms with van der Waals surface area (Å²) in [6, 6.07) is 14.6. The summed E-state index contributed by atoms with van der Waals surface area (Å²) in [4.78, 5) is 36.5. The van der Waals surface area contributed by atoms with Crippen molar-refractivity contribution in [2.24, 2.45) is 0 Å². The second-order valence-corrected chi connectivity index (χ2v) is 8.39. The van der Waals surface area contributed by atoms with Crippen LogP contribution in [0.3, 0.4) is 0 Å². The van der Waals surface area contributed by atoms with Gasteiger partial charge in [-0.3, -0.25) is 30.6 Å². The molecule has 8 nitrogen and oxygen atoms in total. The number of carbonyl (C=O) groups is 3. The second-order valence-electron chi connectivity index (χ2n) is 7.06. The number of carbonyl (C=O) groups excluding carboxylic acids is 3. The summed E-state index contributed by atoms with van der Waals surface area (Å²) in [7, 11) is 0. The predicted octanol–water partition coefficient (Wildman–Crippen LogP) is 3.36. The van der Waals surface area contributed by atoms with Gasteiger partial charge in [0.05, 0.1) is 12.2 Å². The molecule has 0 aliphatic rings. The smallest absolute Gasteiger partial charge is 0.261 e. The van der Waals surface area contributed by atoms with Crippen LogP contribution >= 0.6 is 28.1 Å². The van der Waals surface area contributed by atoms with E-state index < -0.39 is 11.8 Å². The maximum absolute atomic E-state index is 12.6. The van der Waals surface area contributed by atoms with Crippen LogP contribution in [0.15, 0.2) is 53.0 Å². The standard InChI is InChI=1S/C23H27BrN4O4S/c1-2-3-13-32-19-10-9-17(24)14-18(19)22(31)26-23(33)28-27-21(30)12-11-20(29)25-15-16-7-5-4-6-8-16/h4-10,14H,2-3,11-13,15H2,1H3,(H,25,29)(H,27,30)(H2,26,28,31,33). The Morgan fingerprint density at radius 3 is 2.45 bits per heavy atom. The van der Waals surface area contributed by atoms with Gasteiger partial charge in [0.1, 0.15) is 5.75 Å². The van der Waals surface area contributed by atoms with Crippen molar-refractivity contribution >= 4 is 51.0 Å². The molecule has 0 aromatic heterocycles. The SMILES string of the molecule is CCCCOc1ccc(Br)cc1C(=O)NC(=S)NNC(=O)CCC(=O)NCc1ccccc1. The first kappa shape index (κ1) is 26.3. The van der Waals surface area contributed by atoms with Gasteiger partial charge in [-0.05, 0) is 42.4 Å². The fourth-order valence-corrected chi connectivity index (χ4v) is 3.14. The monoisotopic (exact) mass is 534 g/mol. The summed E-state index contributed by atoms with van der Waals surface area (Å²) < 4.78 is 6.40. The van der Waals surface area contributed by atoms with Crippen molar-refractivity contribution < 1.29 is 19.1 Å². The molecule has 0 spiro atoms. The zero-order valence-electron chi connectivity index (χ0n) is 18.3. The molecule has 0 heterocycles. The zero-order valence-corrected chi connectivity index (χ0v) is 20.7. The van der Waals surface area contributed by atoms with E-state index in [1.54, 1.807) is 18.2 Å². The molecule has 0 aliphatic heterocycles. The number of halogens is 1. The molecule has 0 radical (unpaired) electrons. The molecule has 2 aromatic rings. The van der Waals surface area contributed by atoms with Crippen molar-refractivity contribution in [1.82, 2.24) is 21.5 Å². The molecule has 3 amide bonds. The fraction of sp³-hybridized carbons (Fsp3) is 0.304. The lowest BCUT2D eigenvalue weighted by Gasteiger charge is -2.14. The number of rotatable bonds is 10. The number of amides is 3. The van der Waals surface area contributed by atoms with Gasteiger partial charge in [0.15, 0.2) is 5.11 Å². The van der Waals surface area contributed by atoms with E-state index >= 15 is 0 Å². The lowest BCUT2D eigenvalue weighted by atomic mass is 10.2.